The summed E-state index contributed by atoms with van der Waals surface area (Å²) in [5.74, 6) is -1.17. The zero-order chi connectivity index (χ0) is 22.1. The van der Waals surface area contributed by atoms with Gasteiger partial charge in [-0.05, 0) is 48.9 Å². The Morgan fingerprint density at radius 3 is 2.53 bits per heavy atom. The van der Waals surface area contributed by atoms with Gasteiger partial charge in [0.05, 0.1) is 34.6 Å². The molecule has 158 valence electrons. The molecule has 1 unspecified atom stereocenters. The predicted octanol–water partition coefficient (Wildman–Crippen LogP) is 6.04. The number of nitrogens with one attached hydrogen (secondary N) is 1. The molecular weight excluding hydrogens is 424 g/mol. The molecule has 1 atom stereocenters. The molecule has 0 bridgehead atoms. The van der Waals surface area contributed by atoms with Crippen molar-refractivity contribution in [2.75, 3.05) is 0 Å². The van der Waals surface area contributed by atoms with E-state index in [1.165, 1.54) is 12.1 Å². The lowest BCUT2D eigenvalue weighted by Crippen LogP contribution is -2.28. The van der Waals surface area contributed by atoms with Crippen LogP contribution in [0.5, 0.6) is 0 Å². The van der Waals surface area contributed by atoms with Gasteiger partial charge in [0.15, 0.2) is 0 Å². The van der Waals surface area contributed by atoms with E-state index >= 15 is 0 Å². The maximum Gasteiger partial charge on any atom is 0.227 e. The van der Waals surface area contributed by atoms with Gasteiger partial charge in [-0.2, -0.15) is 5.10 Å². The van der Waals surface area contributed by atoms with E-state index in [4.69, 9.17) is 28.3 Å². The van der Waals surface area contributed by atoms with Crippen LogP contribution in [0, 0.1) is 5.82 Å². The molecule has 1 aromatic heterocycles. The number of aromatic nitrogens is 2. The van der Waals surface area contributed by atoms with Crippen molar-refractivity contribution in [1.29, 1.82) is 0 Å². The second kappa shape index (κ2) is 8.78. The van der Waals surface area contributed by atoms with E-state index in [2.05, 4.69) is 26.1 Å². The molecule has 0 fully saturated rings. The molecule has 30 heavy (non-hydrogen) atoms. The topological polar surface area (TPSA) is 46.9 Å². The molecular formula is C23H24Cl2FN3O. The maximum atomic E-state index is 13.4. The second-order valence-corrected chi connectivity index (χ2v) is 9.12. The van der Waals surface area contributed by atoms with E-state index < -0.39 is 11.7 Å². The zero-order valence-electron chi connectivity index (χ0n) is 17.3. The molecule has 1 N–H and O–H groups in total. The minimum Gasteiger partial charge on any atom is -0.350 e. The first-order chi connectivity index (χ1) is 14.1. The van der Waals surface area contributed by atoms with Crippen LogP contribution < -0.4 is 5.32 Å². The fourth-order valence-electron chi connectivity index (χ4n) is 3.01. The van der Waals surface area contributed by atoms with Crippen LogP contribution in [0.1, 0.15) is 50.6 Å². The Bertz CT molecular complexity index is 1070. The molecule has 7 heteroatoms. The standard InChI is InChI=1S/C23H24Cl2FN3O/c1-14(15-8-9-20(26)19(25)10-15)22(30)27-13-18-12-21(23(2,3)4)28-29(18)17-7-5-6-16(24)11-17/h5-12,14H,13H2,1-4H3,(H,27,30). The van der Waals surface area contributed by atoms with Gasteiger partial charge in [0.2, 0.25) is 5.91 Å². The molecule has 3 rings (SSSR count). The van der Waals surface area contributed by atoms with Crippen molar-refractivity contribution in [3.05, 3.63) is 81.3 Å². The second-order valence-electron chi connectivity index (χ2n) is 8.28. The Balaban J connectivity index is 1.84. The summed E-state index contributed by atoms with van der Waals surface area (Å²) in [6.07, 6.45) is 0. The van der Waals surface area contributed by atoms with Crippen LogP contribution >= 0.6 is 23.2 Å². The third-order valence-corrected chi connectivity index (χ3v) is 5.41. The van der Waals surface area contributed by atoms with Crippen molar-refractivity contribution in [3.8, 4) is 5.69 Å². The molecule has 0 aliphatic rings. The lowest BCUT2D eigenvalue weighted by Gasteiger charge is -2.14. The molecule has 0 spiro atoms. The summed E-state index contributed by atoms with van der Waals surface area (Å²) < 4.78 is 15.2. The smallest absolute Gasteiger partial charge is 0.227 e. The molecule has 1 amide bonds. The van der Waals surface area contributed by atoms with Gasteiger partial charge in [-0.15, -0.1) is 0 Å². The molecule has 4 nitrogen and oxygen atoms in total. The largest absolute Gasteiger partial charge is 0.350 e. The number of halogens is 3. The highest BCUT2D eigenvalue weighted by atomic mass is 35.5. The number of amides is 1. The van der Waals surface area contributed by atoms with Gasteiger partial charge in [-0.25, -0.2) is 9.07 Å². The molecule has 0 aliphatic carbocycles. The molecule has 0 radical (unpaired) electrons. The SMILES string of the molecule is CC(C(=O)NCc1cc(C(C)(C)C)nn1-c1cccc(Cl)c1)c1ccc(F)c(Cl)c1. The first-order valence-corrected chi connectivity index (χ1v) is 10.4. The number of carbonyl (C=O) groups excluding carboxylic acids is 1. The van der Waals surface area contributed by atoms with Crippen molar-refractivity contribution in [1.82, 2.24) is 15.1 Å². The van der Waals surface area contributed by atoms with E-state index in [1.54, 1.807) is 23.7 Å². The number of hydrogen-bond acceptors (Lipinski definition) is 2. The van der Waals surface area contributed by atoms with Gasteiger partial charge >= 0.3 is 0 Å². The molecule has 3 aromatic rings. The first-order valence-electron chi connectivity index (χ1n) is 9.64. The van der Waals surface area contributed by atoms with Crippen LogP contribution in [0.4, 0.5) is 4.39 Å². The molecule has 1 heterocycles. The van der Waals surface area contributed by atoms with Crippen LogP contribution in [-0.4, -0.2) is 15.7 Å². The Hall–Kier alpha value is -2.37. The van der Waals surface area contributed by atoms with Crippen molar-refractivity contribution in [3.63, 3.8) is 0 Å². The Morgan fingerprint density at radius 1 is 1.17 bits per heavy atom. The monoisotopic (exact) mass is 447 g/mol. The minimum atomic E-state index is -0.506. The molecule has 2 aromatic carbocycles. The van der Waals surface area contributed by atoms with Crippen molar-refractivity contribution >= 4 is 29.1 Å². The fraction of sp³-hybridized carbons (Fsp3) is 0.304. The average Bonchev–Trinajstić information content (AvgIpc) is 3.12. The van der Waals surface area contributed by atoms with Crippen LogP contribution in [0.15, 0.2) is 48.5 Å². The van der Waals surface area contributed by atoms with Gasteiger partial charge in [0.25, 0.3) is 0 Å². The van der Waals surface area contributed by atoms with Gasteiger partial charge in [0, 0.05) is 10.4 Å². The number of carbonyl (C=O) groups is 1. The van der Waals surface area contributed by atoms with Crippen LogP contribution in [0.3, 0.4) is 0 Å². The number of nitrogens with zero attached hydrogens (tertiary/aromatic N) is 2. The summed E-state index contributed by atoms with van der Waals surface area (Å²) in [5.41, 5.74) is 3.06. The highest BCUT2D eigenvalue weighted by molar-refractivity contribution is 6.31. The van der Waals surface area contributed by atoms with E-state index in [0.29, 0.717) is 10.6 Å². The normalized spacial score (nSPS) is 12.6. The summed E-state index contributed by atoms with van der Waals surface area (Å²) in [6.45, 7) is 8.29. The maximum absolute atomic E-state index is 13.4. The average molecular weight is 448 g/mol. The summed E-state index contributed by atoms with van der Waals surface area (Å²) in [6, 6.07) is 13.7. The van der Waals surface area contributed by atoms with Gasteiger partial charge in [0.1, 0.15) is 5.82 Å². The van der Waals surface area contributed by atoms with Crippen LogP contribution in [0.2, 0.25) is 10.0 Å². The molecule has 0 saturated heterocycles. The Kier molecular flexibility index (Phi) is 6.53. The fourth-order valence-corrected chi connectivity index (χ4v) is 3.38. The van der Waals surface area contributed by atoms with Crippen LogP contribution in [0.25, 0.3) is 5.69 Å². The molecule has 0 saturated carbocycles. The highest BCUT2D eigenvalue weighted by Crippen LogP contribution is 2.25. The minimum absolute atomic E-state index is 0.000927. The van der Waals surface area contributed by atoms with Crippen molar-refractivity contribution in [2.45, 2.75) is 45.6 Å². The van der Waals surface area contributed by atoms with Crippen molar-refractivity contribution in [2.24, 2.45) is 0 Å². The highest BCUT2D eigenvalue weighted by Gasteiger charge is 2.22. The summed E-state index contributed by atoms with van der Waals surface area (Å²) >= 11 is 12.0. The third kappa shape index (κ3) is 5.02. The Labute approximate surface area is 186 Å². The van der Waals surface area contributed by atoms with E-state index in [0.717, 1.165) is 17.1 Å². The first kappa shape index (κ1) is 22.3. The van der Waals surface area contributed by atoms with Crippen LogP contribution in [-0.2, 0) is 16.8 Å². The lowest BCUT2D eigenvalue weighted by atomic mass is 9.92. The lowest BCUT2D eigenvalue weighted by molar-refractivity contribution is -0.122. The quantitative estimate of drug-likeness (QED) is 0.518. The van der Waals surface area contributed by atoms with Gasteiger partial charge in [-0.1, -0.05) is 56.1 Å². The van der Waals surface area contributed by atoms with Gasteiger partial charge < -0.3 is 5.32 Å². The Morgan fingerprint density at radius 2 is 1.90 bits per heavy atom. The summed E-state index contributed by atoms with van der Waals surface area (Å²) in [4.78, 5) is 12.7. The predicted molar refractivity (Wildman–Crippen MR) is 119 cm³/mol. The zero-order valence-corrected chi connectivity index (χ0v) is 18.9. The third-order valence-electron chi connectivity index (χ3n) is 4.88. The number of rotatable bonds is 5. The number of benzene rings is 2. The van der Waals surface area contributed by atoms with E-state index in [9.17, 15) is 9.18 Å². The van der Waals surface area contributed by atoms with E-state index in [1.807, 2.05) is 24.3 Å². The molecule has 0 aliphatic heterocycles. The summed E-state index contributed by atoms with van der Waals surface area (Å²) in [5, 5.41) is 8.30. The van der Waals surface area contributed by atoms with E-state index in [-0.39, 0.29) is 22.9 Å². The van der Waals surface area contributed by atoms with Crippen molar-refractivity contribution < 1.29 is 9.18 Å². The number of hydrogen-bond donors (Lipinski definition) is 1. The summed E-state index contributed by atoms with van der Waals surface area (Å²) in [7, 11) is 0. The van der Waals surface area contributed by atoms with Gasteiger partial charge in [-0.3, -0.25) is 4.79 Å².